The Morgan fingerprint density at radius 2 is 1.95 bits per heavy atom. The van der Waals surface area contributed by atoms with Crippen LogP contribution >= 0.6 is 0 Å². The van der Waals surface area contributed by atoms with Crippen LogP contribution < -0.4 is 5.32 Å². The van der Waals surface area contributed by atoms with Crippen molar-refractivity contribution in [3.05, 3.63) is 59.7 Å². The lowest BCUT2D eigenvalue weighted by molar-refractivity contribution is -0.121. The van der Waals surface area contributed by atoms with Gasteiger partial charge in [0.1, 0.15) is 0 Å². The molecule has 4 heteroatoms. The number of hydrogen-bond donors (Lipinski definition) is 1. The number of amides is 1. The van der Waals surface area contributed by atoms with E-state index in [1.165, 1.54) is 0 Å². The van der Waals surface area contributed by atoms with Crippen LogP contribution in [-0.4, -0.2) is 15.9 Å². The topological polar surface area (TPSA) is 54.9 Å². The predicted molar refractivity (Wildman–Crippen MR) is 73.4 cm³/mol. The van der Waals surface area contributed by atoms with E-state index in [2.05, 4.69) is 21.4 Å². The fourth-order valence-electron chi connectivity index (χ4n) is 1.80. The summed E-state index contributed by atoms with van der Waals surface area (Å²) in [6, 6.07) is 5.85. The molecule has 4 nitrogen and oxygen atoms in total. The monoisotopic (exact) mass is 255 g/mol. The summed E-state index contributed by atoms with van der Waals surface area (Å²) in [4.78, 5) is 19.8. The minimum atomic E-state index is 0.0540. The Kier molecular flexibility index (Phi) is 4.61. The second kappa shape index (κ2) is 6.64. The van der Waals surface area contributed by atoms with Gasteiger partial charge in [0.05, 0.1) is 0 Å². The molecular weight excluding hydrogens is 238 g/mol. The molecule has 19 heavy (non-hydrogen) atoms. The average molecular weight is 255 g/mol. The van der Waals surface area contributed by atoms with Gasteiger partial charge in [0.25, 0.3) is 0 Å². The third-order valence-corrected chi connectivity index (χ3v) is 2.81. The molecule has 0 atom stereocenters. The highest BCUT2D eigenvalue weighted by atomic mass is 16.1. The molecule has 2 aromatic heterocycles. The lowest BCUT2D eigenvalue weighted by Crippen LogP contribution is -2.23. The molecule has 0 aromatic carbocycles. The number of nitrogens with zero attached hydrogens (tertiary/aromatic N) is 2. The molecule has 0 spiro atoms. The lowest BCUT2D eigenvalue weighted by atomic mass is 10.1. The van der Waals surface area contributed by atoms with E-state index in [1.807, 2.05) is 31.5 Å². The number of nitrogens with one attached hydrogen (secondary N) is 1. The van der Waals surface area contributed by atoms with Crippen LogP contribution in [0.3, 0.4) is 0 Å². The summed E-state index contributed by atoms with van der Waals surface area (Å²) < 4.78 is 0. The number of aromatic nitrogens is 2. The van der Waals surface area contributed by atoms with Gasteiger partial charge >= 0.3 is 0 Å². The van der Waals surface area contributed by atoms with Crippen molar-refractivity contribution in [2.24, 2.45) is 0 Å². The van der Waals surface area contributed by atoms with Gasteiger partial charge in [0.15, 0.2) is 0 Å². The van der Waals surface area contributed by atoms with Crippen LogP contribution in [0.15, 0.2) is 43.0 Å². The number of carbonyl (C=O) groups excluding carboxylic acids is 1. The van der Waals surface area contributed by atoms with E-state index in [0.29, 0.717) is 13.0 Å². The van der Waals surface area contributed by atoms with Crippen molar-refractivity contribution in [2.75, 3.05) is 0 Å². The molecule has 0 saturated heterocycles. The van der Waals surface area contributed by atoms with Gasteiger partial charge in [-0.2, -0.15) is 0 Å². The second-order valence-electron chi connectivity index (χ2n) is 4.50. The molecule has 2 heterocycles. The summed E-state index contributed by atoms with van der Waals surface area (Å²) in [7, 11) is 0. The lowest BCUT2D eigenvalue weighted by Gasteiger charge is -2.05. The smallest absolute Gasteiger partial charge is 0.220 e. The van der Waals surface area contributed by atoms with Crippen LogP contribution in [-0.2, 0) is 17.8 Å². The van der Waals surface area contributed by atoms with Gasteiger partial charge in [-0.1, -0.05) is 6.07 Å². The zero-order chi connectivity index (χ0) is 13.5. The van der Waals surface area contributed by atoms with Gasteiger partial charge in [-0.25, -0.2) is 0 Å². The molecule has 0 unspecified atom stereocenters. The van der Waals surface area contributed by atoms with Crippen molar-refractivity contribution >= 4 is 5.91 Å². The maximum atomic E-state index is 11.7. The Morgan fingerprint density at radius 1 is 1.16 bits per heavy atom. The highest BCUT2D eigenvalue weighted by Gasteiger charge is 2.02. The Morgan fingerprint density at radius 3 is 2.68 bits per heavy atom. The van der Waals surface area contributed by atoms with E-state index in [1.54, 1.807) is 12.4 Å². The minimum Gasteiger partial charge on any atom is -0.352 e. The first-order valence-corrected chi connectivity index (χ1v) is 6.30. The largest absolute Gasteiger partial charge is 0.352 e. The van der Waals surface area contributed by atoms with Crippen molar-refractivity contribution in [1.29, 1.82) is 0 Å². The van der Waals surface area contributed by atoms with Crippen molar-refractivity contribution in [1.82, 2.24) is 15.3 Å². The van der Waals surface area contributed by atoms with E-state index in [4.69, 9.17) is 0 Å². The van der Waals surface area contributed by atoms with Gasteiger partial charge in [0, 0.05) is 37.8 Å². The molecule has 0 aliphatic rings. The van der Waals surface area contributed by atoms with E-state index in [9.17, 15) is 4.79 Å². The first kappa shape index (κ1) is 13.2. The molecule has 2 aromatic rings. The van der Waals surface area contributed by atoms with Crippen LogP contribution in [0.4, 0.5) is 0 Å². The predicted octanol–water partition coefficient (Wildman–Crippen LogP) is 2.03. The highest BCUT2D eigenvalue weighted by Crippen LogP contribution is 2.04. The second-order valence-corrected chi connectivity index (χ2v) is 4.50. The van der Waals surface area contributed by atoms with Crippen LogP contribution in [0, 0.1) is 6.92 Å². The first-order valence-electron chi connectivity index (χ1n) is 6.30. The van der Waals surface area contributed by atoms with Crippen molar-refractivity contribution in [3.8, 4) is 0 Å². The minimum absolute atomic E-state index is 0.0540. The number of carbonyl (C=O) groups is 1. The molecule has 0 bridgehead atoms. The van der Waals surface area contributed by atoms with E-state index >= 15 is 0 Å². The summed E-state index contributed by atoms with van der Waals surface area (Å²) in [6.45, 7) is 2.55. The Balaban J connectivity index is 1.76. The highest BCUT2D eigenvalue weighted by molar-refractivity contribution is 5.76. The van der Waals surface area contributed by atoms with Crippen LogP contribution in [0.2, 0.25) is 0 Å². The summed E-state index contributed by atoms with van der Waals surface area (Å²) >= 11 is 0. The quantitative estimate of drug-likeness (QED) is 0.889. The molecule has 0 radical (unpaired) electrons. The van der Waals surface area contributed by atoms with Crippen LogP contribution in [0.1, 0.15) is 23.1 Å². The normalized spacial score (nSPS) is 10.2. The number of rotatable bonds is 5. The van der Waals surface area contributed by atoms with Crippen molar-refractivity contribution in [3.63, 3.8) is 0 Å². The number of aryl methyl sites for hydroxylation is 2. The van der Waals surface area contributed by atoms with E-state index in [-0.39, 0.29) is 5.91 Å². The molecule has 1 amide bonds. The Labute approximate surface area is 112 Å². The summed E-state index contributed by atoms with van der Waals surface area (Å²) in [5, 5.41) is 2.90. The summed E-state index contributed by atoms with van der Waals surface area (Å²) in [6.07, 6.45) is 8.27. The van der Waals surface area contributed by atoms with E-state index < -0.39 is 0 Å². The molecule has 0 aliphatic heterocycles. The third kappa shape index (κ3) is 4.50. The Bertz CT molecular complexity index is 540. The maximum Gasteiger partial charge on any atom is 0.220 e. The number of pyridine rings is 2. The van der Waals surface area contributed by atoms with Gasteiger partial charge < -0.3 is 5.32 Å². The Hall–Kier alpha value is -2.23. The zero-order valence-corrected chi connectivity index (χ0v) is 11.0. The first-order chi connectivity index (χ1) is 9.24. The van der Waals surface area contributed by atoms with Gasteiger partial charge in [0.2, 0.25) is 5.91 Å². The average Bonchev–Trinajstić information content (AvgIpc) is 2.44. The van der Waals surface area contributed by atoms with Crippen molar-refractivity contribution < 1.29 is 4.79 Å². The van der Waals surface area contributed by atoms with Crippen LogP contribution in [0.5, 0.6) is 0 Å². The van der Waals surface area contributed by atoms with E-state index in [0.717, 1.165) is 23.1 Å². The molecule has 0 aliphatic carbocycles. The van der Waals surface area contributed by atoms with Gasteiger partial charge in [-0.3, -0.25) is 14.8 Å². The fourth-order valence-corrected chi connectivity index (χ4v) is 1.80. The molecule has 2 rings (SSSR count). The van der Waals surface area contributed by atoms with Gasteiger partial charge in [-0.05, 0) is 42.2 Å². The molecule has 1 N–H and O–H groups in total. The zero-order valence-electron chi connectivity index (χ0n) is 11.0. The third-order valence-electron chi connectivity index (χ3n) is 2.81. The molecule has 0 fully saturated rings. The fraction of sp³-hybridized carbons (Fsp3) is 0.267. The van der Waals surface area contributed by atoms with Crippen molar-refractivity contribution in [2.45, 2.75) is 26.3 Å². The standard InChI is InChI=1S/C15H17N3O/c1-12-8-14(10-17-9-12)2-3-15(19)18-11-13-4-6-16-7-5-13/h4-10H,2-3,11H2,1H3,(H,18,19). The number of hydrogen-bond acceptors (Lipinski definition) is 3. The van der Waals surface area contributed by atoms with Gasteiger partial charge in [-0.15, -0.1) is 0 Å². The summed E-state index contributed by atoms with van der Waals surface area (Å²) in [5.74, 6) is 0.0540. The van der Waals surface area contributed by atoms with Crippen LogP contribution in [0.25, 0.3) is 0 Å². The summed E-state index contributed by atoms with van der Waals surface area (Å²) in [5.41, 5.74) is 3.27. The molecule has 0 saturated carbocycles. The molecule has 98 valence electrons. The molecular formula is C15H17N3O. The SMILES string of the molecule is Cc1cncc(CCC(=O)NCc2ccncc2)c1. The maximum absolute atomic E-state index is 11.7.